The van der Waals surface area contributed by atoms with Crippen molar-refractivity contribution in [3.8, 4) is 0 Å². The highest BCUT2D eigenvalue weighted by Gasteiger charge is 2.01. The van der Waals surface area contributed by atoms with E-state index in [1.54, 1.807) is 0 Å². The lowest BCUT2D eigenvalue weighted by molar-refractivity contribution is 0.614. The van der Waals surface area contributed by atoms with Gasteiger partial charge in [-0.2, -0.15) is 0 Å². The van der Waals surface area contributed by atoms with E-state index >= 15 is 0 Å². The Hall–Kier alpha value is -0.790. The van der Waals surface area contributed by atoms with Gasteiger partial charge in [0, 0.05) is 0 Å². The summed E-state index contributed by atoms with van der Waals surface area (Å²) in [5.41, 5.74) is 0.700. The summed E-state index contributed by atoms with van der Waals surface area (Å²) in [5.74, 6) is -0.696. The fourth-order valence-corrected chi connectivity index (χ4v) is 0.746. The van der Waals surface area contributed by atoms with Crippen LogP contribution in [0.15, 0.2) is 12.1 Å². The van der Waals surface area contributed by atoms with Crippen LogP contribution in [0.5, 0.6) is 0 Å². The Balaban J connectivity index is 3.28. The highest BCUT2D eigenvalue weighted by Crippen LogP contribution is 1.92. The second-order valence-corrected chi connectivity index (χ2v) is 2.35. The molecule has 0 heterocycles. The van der Waals surface area contributed by atoms with E-state index in [1.165, 1.54) is 27.8 Å². The molecular weight excluding hydrogens is 132 g/mol. The van der Waals surface area contributed by atoms with Gasteiger partial charge in [-0.15, -0.1) is 0 Å². The van der Waals surface area contributed by atoms with E-state index < -0.39 is 0 Å². The maximum absolute atomic E-state index is 12.6. The Morgan fingerprint density at radius 1 is 0.900 bits per heavy atom. The summed E-state index contributed by atoms with van der Waals surface area (Å²) in [6.07, 6.45) is 0. The SMILES string of the molecule is Bc1cc(F)c(B)cc1F. The number of benzene rings is 1. The molecule has 4 heteroatoms. The molecule has 0 amide bonds. The minimum atomic E-state index is -0.348. The summed E-state index contributed by atoms with van der Waals surface area (Å²) in [6.45, 7) is 0. The summed E-state index contributed by atoms with van der Waals surface area (Å²) in [7, 11) is 3.08. The zero-order chi connectivity index (χ0) is 7.72. The van der Waals surface area contributed by atoms with Gasteiger partial charge in [-0.25, -0.2) is 8.78 Å². The van der Waals surface area contributed by atoms with Crippen LogP contribution in [0.25, 0.3) is 0 Å². The van der Waals surface area contributed by atoms with Crippen molar-refractivity contribution in [3.63, 3.8) is 0 Å². The standard InChI is InChI=1S/C6H6B2F2/c7-3-1-5(9)4(8)2-6(3)10/h1-2H,7-8H2. The van der Waals surface area contributed by atoms with Gasteiger partial charge in [-0.1, -0.05) is 10.9 Å². The molecule has 0 aromatic heterocycles. The molecule has 1 aromatic rings. The zero-order valence-corrected chi connectivity index (χ0v) is 5.91. The first kappa shape index (κ1) is 7.32. The fourth-order valence-electron chi connectivity index (χ4n) is 0.746. The highest BCUT2D eigenvalue weighted by atomic mass is 19.1. The molecule has 1 aromatic carbocycles. The van der Waals surface area contributed by atoms with E-state index in [4.69, 9.17) is 0 Å². The van der Waals surface area contributed by atoms with Crippen molar-refractivity contribution in [1.29, 1.82) is 0 Å². The summed E-state index contributed by atoms with van der Waals surface area (Å²) in [5, 5.41) is 0. The molecule has 50 valence electrons. The first-order valence-corrected chi connectivity index (χ1v) is 3.03. The van der Waals surface area contributed by atoms with Crippen LogP contribution >= 0.6 is 0 Å². The molecule has 1 rings (SSSR count). The van der Waals surface area contributed by atoms with Gasteiger partial charge in [-0.3, -0.25) is 0 Å². The van der Waals surface area contributed by atoms with Gasteiger partial charge < -0.3 is 0 Å². The van der Waals surface area contributed by atoms with Crippen LogP contribution in [-0.4, -0.2) is 15.7 Å². The Kier molecular flexibility index (Phi) is 1.79. The van der Waals surface area contributed by atoms with Crippen LogP contribution in [0.1, 0.15) is 0 Å². The van der Waals surface area contributed by atoms with Gasteiger partial charge in [-0.05, 0) is 12.1 Å². The van der Waals surface area contributed by atoms with Crippen molar-refractivity contribution in [1.82, 2.24) is 0 Å². The average Bonchev–Trinajstić information content (AvgIpc) is 1.84. The van der Waals surface area contributed by atoms with Crippen molar-refractivity contribution in [2.45, 2.75) is 0 Å². The molecule has 0 unspecified atom stereocenters. The van der Waals surface area contributed by atoms with Crippen LogP contribution < -0.4 is 10.9 Å². The van der Waals surface area contributed by atoms with Crippen LogP contribution in [0.3, 0.4) is 0 Å². The maximum atomic E-state index is 12.6. The second-order valence-electron chi connectivity index (χ2n) is 2.35. The number of halogens is 2. The largest absolute Gasteiger partial charge is 0.208 e. The van der Waals surface area contributed by atoms with E-state index in [1.807, 2.05) is 0 Å². The fraction of sp³-hybridized carbons (Fsp3) is 0. The normalized spacial score (nSPS) is 9.80. The van der Waals surface area contributed by atoms with Gasteiger partial charge in [0.25, 0.3) is 0 Å². The van der Waals surface area contributed by atoms with E-state index in [0.29, 0.717) is 10.9 Å². The molecule has 0 aliphatic rings. The van der Waals surface area contributed by atoms with Crippen LogP contribution in [0.2, 0.25) is 0 Å². The smallest absolute Gasteiger partial charge is 0.143 e. The highest BCUT2D eigenvalue weighted by molar-refractivity contribution is 6.35. The van der Waals surface area contributed by atoms with Crippen molar-refractivity contribution < 1.29 is 8.78 Å². The van der Waals surface area contributed by atoms with Crippen LogP contribution in [0.4, 0.5) is 8.78 Å². The Morgan fingerprint density at radius 3 is 1.50 bits per heavy atom. The van der Waals surface area contributed by atoms with Crippen molar-refractivity contribution >= 4 is 26.6 Å². The summed E-state index contributed by atoms with van der Waals surface area (Å²) in [6, 6.07) is 2.40. The molecule has 0 N–H and O–H groups in total. The topological polar surface area (TPSA) is 0 Å². The summed E-state index contributed by atoms with van der Waals surface area (Å²) >= 11 is 0. The monoisotopic (exact) mass is 138 g/mol. The molecule has 0 bridgehead atoms. The maximum Gasteiger partial charge on any atom is 0.143 e. The minimum absolute atomic E-state index is 0.348. The summed E-state index contributed by atoms with van der Waals surface area (Å²) in [4.78, 5) is 0. The molecule has 0 saturated carbocycles. The van der Waals surface area contributed by atoms with Gasteiger partial charge in [0.1, 0.15) is 27.3 Å². The van der Waals surface area contributed by atoms with Crippen molar-refractivity contribution in [3.05, 3.63) is 23.8 Å². The first-order chi connectivity index (χ1) is 4.61. The molecule has 0 saturated heterocycles. The molecule has 0 radical (unpaired) electrons. The lowest BCUT2D eigenvalue weighted by Crippen LogP contribution is -2.18. The number of rotatable bonds is 0. The van der Waals surface area contributed by atoms with E-state index in [9.17, 15) is 8.78 Å². The molecule has 0 aliphatic heterocycles. The minimum Gasteiger partial charge on any atom is -0.208 e. The molecular formula is C6H6B2F2. The second kappa shape index (κ2) is 2.45. The van der Waals surface area contributed by atoms with E-state index in [0.717, 1.165) is 0 Å². The third kappa shape index (κ3) is 1.20. The lowest BCUT2D eigenvalue weighted by atomic mass is 9.88. The first-order valence-electron chi connectivity index (χ1n) is 3.03. The van der Waals surface area contributed by atoms with Gasteiger partial charge in [0.15, 0.2) is 0 Å². The molecule has 10 heavy (non-hydrogen) atoms. The quantitative estimate of drug-likeness (QED) is 0.382. The Labute approximate surface area is 60.1 Å². The lowest BCUT2D eigenvalue weighted by Gasteiger charge is -1.98. The molecule has 0 aliphatic carbocycles. The predicted octanol–water partition coefficient (Wildman–Crippen LogP) is -1.52. The van der Waals surface area contributed by atoms with Gasteiger partial charge in [0.2, 0.25) is 0 Å². The third-order valence-corrected chi connectivity index (χ3v) is 1.44. The van der Waals surface area contributed by atoms with Gasteiger partial charge >= 0.3 is 0 Å². The van der Waals surface area contributed by atoms with Gasteiger partial charge in [0.05, 0.1) is 0 Å². The Bertz CT molecular complexity index is 210. The predicted molar refractivity (Wildman–Crippen MR) is 42.7 cm³/mol. The Morgan fingerprint density at radius 2 is 1.20 bits per heavy atom. The van der Waals surface area contributed by atoms with E-state index in [2.05, 4.69) is 0 Å². The molecule has 0 spiro atoms. The zero-order valence-electron chi connectivity index (χ0n) is 5.91. The average molecular weight is 138 g/mol. The number of hydrogen-bond donors (Lipinski definition) is 0. The molecule has 0 fully saturated rings. The third-order valence-electron chi connectivity index (χ3n) is 1.44. The van der Waals surface area contributed by atoms with Crippen molar-refractivity contribution in [2.24, 2.45) is 0 Å². The van der Waals surface area contributed by atoms with Crippen molar-refractivity contribution in [2.75, 3.05) is 0 Å². The number of hydrogen-bond acceptors (Lipinski definition) is 0. The molecule has 0 nitrogen and oxygen atoms in total. The van der Waals surface area contributed by atoms with Crippen LogP contribution in [0, 0.1) is 11.6 Å². The van der Waals surface area contributed by atoms with Crippen LogP contribution in [-0.2, 0) is 0 Å². The summed E-state index contributed by atoms with van der Waals surface area (Å²) < 4.78 is 25.2. The van der Waals surface area contributed by atoms with E-state index in [-0.39, 0.29) is 11.6 Å². The molecule has 0 atom stereocenters.